The van der Waals surface area contributed by atoms with Gasteiger partial charge in [0.1, 0.15) is 0 Å². The van der Waals surface area contributed by atoms with Crippen molar-refractivity contribution in [2.75, 3.05) is 13.2 Å². The van der Waals surface area contributed by atoms with Gasteiger partial charge >= 0.3 is 6.18 Å². The molecule has 0 spiro atoms. The normalized spacial score (nSPS) is 12.3. The first-order valence-corrected chi connectivity index (χ1v) is 9.61. The molecule has 0 radical (unpaired) electrons. The molecule has 0 heterocycles. The zero-order valence-corrected chi connectivity index (χ0v) is 14.8. The van der Waals surface area contributed by atoms with Gasteiger partial charge in [-0.3, -0.25) is 0 Å². The van der Waals surface area contributed by atoms with Gasteiger partial charge in [0.2, 0.25) is 10.0 Å². The second-order valence-electron chi connectivity index (χ2n) is 5.75. The van der Waals surface area contributed by atoms with Crippen LogP contribution in [0.3, 0.4) is 0 Å². The molecular weight excluding hydrogens is 367 g/mol. The van der Waals surface area contributed by atoms with Gasteiger partial charge in [-0.2, -0.15) is 13.2 Å². The van der Waals surface area contributed by atoms with Gasteiger partial charge in [0.25, 0.3) is 0 Å². The first kappa shape index (κ1) is 20.4. The summed E-state index contributed by atoms with van der Waals surface area (Å²) in [5.41, 5.74) is -0.474. The lowest BCUT2D eigenvalue weighted by molar-refractivity contribution is -0.137. The van der Waals surface area contributed by atoms with Crippen LogP contribution < -0.4 is 4.72 Å². The summed E-state index contributed by atoms with van der Waals surface area (Å²) in [5.74, 6) is 0. The lowest BCUT2D eigenvalue weighted by Crippen LogP contribution is -2.24. The highest BCUT2D eigenvalue weighted by Gasteiger charge is 2.33. The molecule has 2 rings (SSSR count). The van der Waals surface area contributed by atoms with Gasteiger partial charge in [-0.25, -0.2) is 13.1 Å². The van der Waals surface area contributed by atoms with Crippen molar-refractivity contribution in [2.45, 2.75) is 30.3 Å². The summed E-state index contributed by atoms with van der Waals surface area (Å²) in [4.78, 5) is -0.00658. The lowest BCUT2D eigenvalue weighted by atomic mass is 9.99. The van der Waals surface area contributed by atoms with E-state index < -0.39 is 21.8 Å². The van der Waals surface area contributed by atoms with E-state index in [2.05, 4.69) is 4.72 Å². The monoisotopic (exact) mass is 387 g/mol. The fourth-order valence-electron chi connectivity index (χ4n) is 2.50. The topological polar surface area (TPSA) is 66.4 Å². The van der Waals surface area contributed by atoms with Crippen LogP contribution in [0.4, 0.5) is 13.2 Å². The lowest BCUT2D eigenvalue weighted by Gasteiger charge is -2.13. The van der Waals surface area contributed by atoms with Gasteiger partial charge < -0.3 is 5.11 Å². The minimum absolute atomic E-state index is 0.000843. The quantitative estimate of drug-likeness (QED) is 0.677. The SMILES string of the molecule is O=S(=O)(NCCCCCO)c1ccc(-c2ccccc2C(F)(F)F)cc1. The van der Waals surface area contributed by atoms with Crippen molar-refractivity contribution < 1.29 is 26.7 Å². The molecule has 0 amide bonds. The largest absolute Gasteiger partial charge is 0.417 e. The maximum absolute atomic E-state index is 13.1. The Bertz CT molecular complexity index is 818. The van der Waals surface area contributed by atoms with E-state index in [9.17, 15) is 21.6 Å². The van der Waals surface area contributed by atoms with Crippen molar-refractivity contribution in [3.63, 3.8) is 0 Å². The molecule has 0 aromatic heterocycles. The number of unbranched alkanes of at least 4 members (excludes halogenated alkanes) is 2. The molecule has 4 nitrogen and oxygen atoms in total. The number of benzene rings is 2. The predicted molar refractivity (Wildman–Crippen MR) is 93.0 cm³/mol. The standard InChI is InChI=1S/C18H20F3NO3S/c19-18(20,21)17-7-3-2-6-16(17)14-8-10-15(11-9-14)26(24,25)22-12-4-1-5-13-23/h2-3,6-11,22-23H,1,4-5,12-13H2. The van der Waals surface area contributed by atoms with E-state index in [1.54, 1.807) is 0 Å². The van der Waals surface area contributed by atoms with Crippen LogP contribution in [0.2, 0.25) is 0 Å². The van der Waals surface area contributed by atoms with Crippen molar-refractivity contribution in [3.05, 3.63) is 54.1 Å². The van der Waals surface area contributed by atoms with E-state index in [0.717, 1.165) is 6.07 Å². The average Bonchev–Trinajstić information content (AvgIpc) is 2.61. The van der Waals surface area contributed by atoms with Crippen molar-refractivity contribution in [2.24, 2.45) is 0 Å². The summed E-state index contributed by atoms with van der Waals surface area (Å²) in [5, 5.41) is 8.68. The van der Waals surface area contributed by atoms with E-state index >= 15 is 0 Å². The Morgan fingerprint density at radius 3 is 2.19 bits per heavy atom. The third-order valence-corrected chi connectivity index (χ3v) is 5.31. The van der Waals surface area contributed by atoms with Crippen LogP contribution in [-0.4, -0.2) is 26.7 Å². The van der Waals surface area contributed by atoms with Crippen LogP contribution in [0.1, 0.15) is 24.8 Å². The summed E-state index contributed by atoms with van der Waals surface area (Å²) in [6.07, 6.45) is -2.59. The molecule has 8 heteroatoms. The molecule has 142 valence electrons. The number of hydrogen-bond acceptors (Lipinski definition) is 3. The molecule has 0 bridgehead atoms. The third kappa shape index (κ3) is 5.30. The molecule has 0 fully saturated rings. The number of hydrogen-bond donors (Lipinski definition) is 2. The van der Waals surface area contributed by atoms with Crippen LogP contribution in [0.25, 0.3) is 11.1 Å². The van der Waals surface area contributed by atoms with Crippen LogP contribution >= 0.6 is 0 Å². The second-order valence-corrected chi connectivity index (χ2v) is 7.52. The summed E-state index contributed by atoms with van der Waals surface area (Å²) >= 11 is 0. The summed E-state index contributed by atoms with van der Waals surface area (Å²) in [7, 11) is -3.72. The van der Waals surface area contributed by atoms with Crippen molar-refractivity contribution in [1.82, 2.24) is 4.72 Å². The van der Waals surface area contributed by atoms with Crippen LogP contribution in [0.15, 0.2) is 53.4 Å². The van der Waals surface area contributed by atoms with Crippen molar-refractivity contribution in [3.8, 4) is 11.1 Å². The number of sulfonamides is 1. The van der Waals surface area contributed by atoms with Crippen LogP contribution in [0.5, 0.6) is 0 Å². The number of alkyl halides is 3. The first-order valence-electron chi connectivity index (χ1n) is 8.13. The Morgan fingerprint density at radius 1 is 0.923 bits per heavy atom. The summed E-state index contributed by atoms with van der Waals surface area (Å²) in [6, 6.07) is 10.5. The average molecular weight is 387 g/mol. The first-order chi connectivity index (χ1) is 12.3. The predicted octanol–water partition coefficient (Wildman–Crippen LogP) is 3.81. The number of aliphatic hydroxyl groups excluding tert-OH is 1. The molecule has 2 aromatic carbocycles. The molecule has 0 aliphatic rings. The Labute approximate surface area is 150 Å². The number of halogens is 3. The minimum Gasteiger partial charge on any atom is -0.396 e. The fourth-order valence-corrected chi connectivity index (χ4v) is 3.57. The highest BCUT2D eigenvalue weighted by Crippen LogP contribution is 2.37. The molecule has 2 N–H and O–H groups in total. The van der Waals surface area contributed by atoms with Gasteiger partial charge in [0.05, 0.1) is 10.5 Å². The smallest absolute Gasteiger partial charge is 0.396 e. The Hall–Kier alpha value is -1.90. The van der Waals surface area contributed by atoms with E-state index in [1.165, 1.54) is 42.5 Å². The molecular formula is C18H20F3NO3S. The van der Waals surface area contributed by atoms with Crippen LogP contribution in [0, 0.1) is 0 Å². The maximum atomic E-state index is 13.1. The zero-order valence-electron chi connectivity index (χ0n) is 14.0. The van der Waals surface area contributed by atoms with Crippen LogP contribution in [-0.2, 0) is 16.2 Å². The molecule has 26 heavy (non-hydrogen) atoms. The summed E-state index contributed by atoms with van der Waals surface area (Å²) in [6.45, 7) is 0.300. The molecule has 0 aliphatic carbocycles. The van der Waals surface area contributed by atoms with Gasteiger partial charge in [0, 0.05) is 13.2 Å². The number of aliphatic hydroxyl groups is 1. The Kier molecular flexibility index (Phi) is 6.80. The maximum Gasteiger partial charge on any atom is 0.417 e. The third-order valence-electron chi connectivity index (χ3n) is 3.84. The molecule has 0 atom stereocenters. The van der Waals surface area contributed by atoms with Gasteiger partial charge in [0.15, 0.2) is 0 Å². The fraction of sp³-hybridized carbons (Fsp3) is 0.333. The van der Waals surface area contributed by atoms with E-state index in [1.807, 2.05) is 0 Å². The molecule has 0 saturated heterocycles. The highest BCUT2D eigenvalue weighted by molar-refractivity contribution is 7.89. The number of rotatable bonds is 8. The second kappa shape index (κ2) is 8.66. The van der Waals surface area contributed by atoms with Crippen molar-refractivity contribution >= 4 is 10.0 Å². The molecule has 2 aromatic rings. The van der Waals surface area contributed by atoms with Gasteiger partial charge in [-0.15, -0.1) is 0 Å². The van der Waals surface area contributed by atoms with E-state index in [4.69, 9.17) is 5.11 Å². The number of nitrogens with one attached hydrogen (secondary N) is 1. The molecule has 0 saturated carbocycles. The minimum atomic E-state index is -4.49. The van der Waals surface area contributed by atoms with Crippen molar-refractivity contribution in [1.29, 1.82) is 0 Å². The van der Waals surface area contributed by atoms with E-state index in [-0.39, 0.29) is 23.6 Å². The zero-order chi connectivity index (χ0) is 19.2. The molecule has 0 unspecified atom stereocenters. The van der Waals surface area contributed by atoms with Gasteiger partial charge in [-0.05, 0) is 48.6 Å². The highest BCUT2D eigenvalue weighted by atomic mass is 32.2. The van der Waals surface area contributed by atoms with Gasteiger partial charge in [-0.1, -0.05) is 30.3 Å². The summed E-state index contributed by atoms with van der Waals surface area (Å²) < 4.78 is 66.2. The van der Waals surface area contributed by atoms with E-state index in [0.29, 0.717) is 24.8 Å². The Balaban J connectivity index is 2.16. The Morgan fingerprint density at radius 2 is 1.58 bits per heavy atom. The molecule has 0 aliphatic heterocycles.